The van der Waals surface area contributed by atoms with Gasteiger partial charge in [-0.25, -0.2) is 4.79 Å². The van der Waals surface area contributed by atoms with E-state index in [0.29, 0.717) is 12.6 Å². The lowest BCUT2D eigenvalue weighted by atomic mass is 9.87. The van der Waals surface area contributed by atoms with Gasteiger partial charge in [0, 0.05) is 32.2 Å². The van der Waals surface area contributed by atoms with Crippen LogP contribution in [0.25, 0.3) is 0 Å². The predicted molar refractivity (Wildman–Crippen MR) is 82.4 cm³/mol. The van der Waals surface area contributed by atoms with Crippen molar-refractivity contribution in [2.45, 2.75) is 32.2 Å². The first-order valence-electron chi connectivity index (χ1n) is 8.00. The van der Waals surface area contributed by atoms with Crippen LogP contribution in [0.3, 0.4) is 0 Å². The maximum atomic E-state index is 11.7. The largest absolute Gasteiger partial charge is 0.450 e. The number of hydrogen-bond donors (Lipinski definition) is 0. The number of carbonyl (C=O) groups excluding carboxylic acids is 1. The Morgan fingerprint density at radius 1 is 1.19 bits per heavy atom. The molecular weight excluding hydrogens is 264 g/mol. The van der Waals surface area contributed by atoms with Crippen molar-refractivity contribution in [1.29, 1.82) is 0 Å². The van der Waals surface area contributed by atoms with E-state index in [1.165, 1.54) is 24.0 Å². The van der Waals surface area contributed by atoms with Crippen LogP contribution in [0.4, 0.5) is 4.79 Å². The van der Waals surface area contributed by atoms with Crippen LogP contribution in [0.15, 0.2) is 24.3 Å². The fraction of sp³-hybridized carbons (Fsp3) is 0.588. The number of amides is 1. The van der Waals surface area contributed by atoms with Gasteiger partial charge in [0.15, 0.2) is 0 Å². The standard InChI is InChI=1S/C17H24N2O2/c1-2-21-17(20)19-11-9-18(10-12-19)16-8-7-14-5-3-4-6-15(14)13-16/h3-6,16H,2,7-13H2,1H3. The molecule has 4 nitrogen and oxygen atoms in total. The molecule has 1 aliphatic heterocycles. The van der Waals surface area contributed by atoms with Gasteiger partial charge in [0.2, 0.25) is 0 Å². The van der Waals surface area contributed by atoms with Crippen molar-refractivity contribution >= 4 is 6.09 Å². The number of benzene rings is 1. The first-order chi connectivity index (χ1) is 10.3. The van der Waals surface area contributed by atoms with Crippen LogP contribution < -0.4 is 0 Å². The van der Waals surface area contributed by atoms with Crippen LogP contribution in [0.2, 0.25) is 0 Å². The number of carbonyl (C=O) groups is 1. The Hall–Kier alpha value is -1.55. The van der Waals surface area contributed by atoms with Crippen LogP contribution in [0.5, 0.6) is 0 Å². The van der Waals surface area contributed by atoms with Crippen molar-refractivity contribution in [3.8, 4) is 0 Å². The van der Waals surface area contributed by atoms with Crippen LogP contribution in [-0.2, 0) is 17.6 Å². The highest BCUT2D eigenvalue weighted by Crippen LogP contribution is 2.25. The summed E-state index contributed by atoms with van der Waals surface area (Å²) < 4.78 is 5.08. The van der Waals surface area contributed by atoms with Crippen molar-refractivity contribution < 1.29 is 9.53 Å². The first kappa shape index (κ1) is 14.4. The van der Waals surface area contributed by atoms with Crippen molar-refractivity contribution in [3.63, 3.8) is 0 Å². The maximum Gasteiger partial charge on any atom is 0.409 e. The normalized spacial score (nSPS) is 22.7. The summed E-state index contributed by atoms with van der Waals surface area (Å²) in [6.45, 7) is 5.82. The van der Waals surface area contributed by atoms with E-state index in [1.807, 2.05) is 11.8 Å². The number of hydrogen-bond acceptors (Lipinski definition) is 3. The highest BCUT2D eigenvalue weighted by atomic mass is 16.6. The minimum absolute atomic E-state index is 0.161. The van der Waals surface area contributed by atoms with E-state index >= 15 is 0 Å². The number of rotatable bonds is 2. The van der Waals surface area contributed by atoms with E-state index in [1.54, 1.807) is 0 Å². The van der Waals surface area contributed by atoms with E-state index in [0.717, 1.165) is 32.6 Å². The van der Waals surface area contributed by atoms with Crippen LogP contribution >= 0.6 is 0 Å². The molecule has 0 bridgehead atoms. The molecule has 0 saturated carbocycles. The predicted octanol–water partition coefficient (Wildman–Crippen LogP) is 2.32. The lowest BCUT2D eigenvalue weighted by molar-refractivity contribution is 0.0632. The van der Waals surface area contributed by atoms with E-state index in [9.17, 15) is 4.79 Å². The molecule has 4 heteroatoms. The van der Waals surface area contributed by atoms with Crippen molar-refractivity contribution in [3.05, 3.63) is 35.4 Å². The summed E-state index contributed by atoms with van der Waals surface area (Å²) in [5.41, 5.74) is 3.01. The summed E-state index contributed by atoms with van der Waals surface area (Å²) in [4.78, 5) is 16.1. The van der Waals surface area contributed by atoms with Gasteiger partial charge in [0.25, 0.3) is 0 Å². The van der Waals surface area contributed by atoms with Crippen LogP contribution in [-0.4, -0.2) is 54.7 Å². The molecule has 2 aliphatic rings. The minimum Gasteiger partial charge on any atom is -0.450 e. The zero-order valence-corrected chi connectivity index (χ0v) is 12.8. The van der Waals surface area contributed by atoms with E-state index in [2.05, 4.69) is 29.2 Å². The van der Waals surface area contributed by atoms with Gasteiger partial charge in [-0.3, -0.25) is 4.90 Å². The number of ether oxygens (including phenoxy) is 1. The zero-order valence-electron chi connectivity index (χ0n) is 12.8. The monoisotopic (exact) mass is 288 g/mol. The molecule has 114 valence electrons. The molecule has 0 radical (unpaired) electrons. The summed E-state index contributed by atoms with van der Waals surface area (Å²) in [5.74, 6) is 0. The van der Waals surface area contributed by atoms with Gasteiger partial charge >= 0.3 is 6.09 Å². The average molecular weight is 288 g/mol. The average Bonchev–Trinajstić information content (AvgIpc) is 2.55. The van der Waals surface area contributed by atoms with Crippen LogP contribution in [0, 0.1) is 0 Å². The Kier molecular flexibility index (Phi) is 4.44. The molecule has 1 aromatic rings. The molecule has 1 heterocycles. The van der Waals surface area contributed by atoms with Crippen molar-refractivity contribution in [1.82, 2.24) is 9.80 Å². The molecule has 1 atom stereocenters. The summed E-state index contributed by atoms with van der Waals surface area (Å²) in [5, 5.41) is 0. The second-order valence-electron chi connectivity index (χ2n) is 5.89. The lowest BCUT2D eigenvalue weighted by Crippen LogP contribution is -2.53. The molecule has 1 unspecified atom stereocenters. The fourth-order valence-corrected chi connectivity index (χ4v) is 3.47. The van der Waals surface area contributed by atoms with Gasteiger partial charge in [0.1, 0.15) is 0 Å². The lowest BCUT2D eigenvalue weighted by Gasteiger charge is -2.40. The number of piperazine rings is 1. The van der Waals surface area contributed by atoms with E-state index < -0.39 is 0 Å². The zero-order chi connectivity index (χ0) is 14.7. The fourth-order valence-electron chi connectivity index (χ4n) is 3.47. The minimum atomic E-state index is -0.161. The van der Waals surface area contributed by atoms with Gasteiger partial charge in [-0.15, -0.1) is 0 Å². The molecule has 0 aromatic heterocycles. The summed E-state index contributed by atoms with van der Waals surface area (Å²) in [7, 11) is 0. The molecule has 0 spiro atoms. The summed E-state index contributed by atoms with van der Waals surface area (Å²) in [6.07, 6.45) is 3.40. The molecule has 1 fully saturated rings. The van der Waals surface area contributed by atoms with Gasteiger partial charge in [-0.2, -0.15) is 0 Å². The third kappa shape index (κ3) is 3.21. The maximum absolute atomic E-state index is 11.7. The Morgan fingerprint density at radius 2 is 1.90 bits per heavy atom. The molecule has 1 saturated heterocycles. The van der Waals surface area contributed by atoms with Gasteiger partial charge in [-0.1, -0.05) is 24.3 Å². The molecular formula is C17H24N2O2. The van der Waals surface area contributed by atoms with Crippen molar-refractivity contribution in [2.75, 3.05) is 32.8 Å². The second kappa shape index (κ2) is 6.48. The molecule has 21 heavy (non-hydrogen) atoms. The number of nitrogens with zero attached hydrogens (tertiary/aromatic N) is 2. The Labute approximate surface area is 126 Å². The van der Waals surface area contributed by atoms with Gasteiger partial charge < -0.3 is 9.64 Å². The third-order valence-corrected chi connectivity index (χ3v) is 4.68. The topological polar surface area (TPSA) is 32.8 Å². The Bertz CT molecular complexity index is 495. The second-order valence-corrected chi connectivity index (χ2v) is 5.89. The quantitative estimate of drug-likeness (QED) is 0.837. The van der Waals surface area contributed by atoms with Crippen molar-refractivity contribution in [2.24, 2.45) is 0 Å². The van der Waals surface area contributed by atoms with Gasteiger partial charge in [0.05, 0.1) is 6.61 Å². The molecule has 1 aromatic carbocycles. The number of aryl methyl sites for hydroxylation is 1. The molecule has 3 rings (SSSR count). The molecule has 0 N–H and O–H groups in total. The molecule has 1 aliphatic carbocycles. The highest BCUT2D eigenvalue weighted by Gasteiger charge is 2.28. The smallest absolute Gasteiger partial charge is 0.409 e. The third-order valence-electron chi connectivity index (χ3n) is 4.68. The first-order valence-corrected chi connectivity index (χ1v) is 8.00. The van der Waals surface area contributed by atoms with E-state index in [4.69, 9.17) is 4.74 Å². The molecule has 1 amide bonds. The Balaban J connectivity index is 1.55. The SMILES string of the molecule is CCOC(=O)N1CCN(C2CCc3ccccc3C2)CC1. The summed E-state index contributed by atoms with van der Waals surface area (Å²) in [6, 6.07) is 9.42. The number of fused-ring (bicyclic) bond motifs is 1. The Morgan fingerprint density at radius 3 is 2.62 bits per heavy atom. The summed E-state index contributed by atoms with van der Waals surface area (Å²) >= 11 is 0. The van der Waals surface area contributed by atoms with E-state index in [-0.39, 0.29) is 6.09 Å². The highest BCUT2D eigenvalue weighted by molar-refractivity contribution is 5.67. The van der Waals surface area contributed by atoms with Gasteiger partial charge in [-0.05, 0) is 37.3 Å². The van der Waals surface area contributed by atoms with Crippen LogP contribution in [0.1, 0.15) is 24.5 Å².